The highest BCUT2D eigenvalue weighted by atomic mass is 127. The quantitative estimate of drug-likeness (QED) is 0.614. The van der Waals surface area contributed by atoms with Crippen molar-refractivity contribution in [2.24, 2.45) is 0 Å². The fraction of sp³-hybridized carbons (Fsp3) is 0.125. The number of nitrogens with one attached hydrogen (secondary N) is 1. The zero-order valence-electron chi connectivity index (χ0n) is 6.77. The molecule has 0 bridgehead atoms. The smallest absolute Gasteiger partial charge is 0.108 e. The number of rotatable bonds is 1. The lowest BCUT2D eigenvalue weighted by Gasteiger charge is -1.99. The van der Waals surface area contributed by atoms with Crippen molar-refractivity contribution in [3.8, 4) is 0 Å². The van der Waals surface area contributed by atoms with Crippen LogP contribution in [-0.2, 0) is 0 Å². The van der Waals surface area contributed by atoms with Gasteiger partial charge in [-0.05, 0) is 56.9 Å². The highest BCUT2D eigenvalue weighted by Gasteiger charge is 2.09. The molecule has 2 nitrogen and oxygen atoms in total. The summed E-state index contributed by atoms with van der Waals surface area (Å²) in [6.07, 6.45) is 2.08. The van der Waals surface area contributed by atoms with Gasteiger partial charge in [-0.1, -0.05) is 0 Å². The zero-order valence-corrected chi connectivity index (χ0v) is 11.3. The number of thioether (sulfide) groups is 1. The van der Waals surface area contributed by atoms with Crippen molar-refractivity contribution in [3.05, 3.63) is 20.3 Å². The van der Waals surface area contributed by atoms with E-state index in [1.54, 1.807) is 11.8 Å². The van der Waals surface area contributed by atoms with Crippen molar-refractivity contribution in [1.82, 2.24) is 10.2 Å². The first-order valence-electron chi connectivity index (χ1n) is 3.60. The lowest BCUT2D eigenvalue weighted by atomic mass is 10.3. The maximum absolute atomic E-state index is 4.23. The minimum atomic E-state index is 1.01. The van der Waals surface area contributed by atoms with Crippen LogP contribution < -0.4 is 0 Å². The molecule has 0 spiro atoms. The monoisotopic (exact) mass is 368 g/mol. The minimum Gasteiger partial charge on any atom is -0.271 e. The summed E-state index contributed by atoms with van der Waals surface area (Å²) in [5, 5.41) is 8.43. The number of aromatic nitrogens is 2. The van der Waals surface area contributed by atoms with E-state index in [9.17, 15) is 0 Å². The predicted octanol–water partition coefficient (Wildman–Crippen LogP) is 3.65. The molecule has 13 heavy (non-hydrogen) atoms. The summed E-state index contributed by atoms with van der Waals surface area (Å²) in [6.45, 7) is 0. The molecule has 0 fully saturated rings. The third kappa shape index (κ3) is 1.61. The van der Waals surface area contributed by atoms with E-state index in [4.69, 9.17) is 0 Å². The van der Waals surface area contributed by atoms with Gasteiger partial charge in [0, 0.05) is 14.8 Å². The SMILES string of the molecule is CSc1ccc(Br)c2n[nH]c(I)c12. The standard InChI is InChI=1S/C8H6BrIN2S/c1-13-5-3-2-4(9)7-6(5)8(10)12-11-7/h2-3H,1H3,(H,11,12). The molecule has 2 aromatic rings. The van der Waals surface area contributed by atoms with Crippen LogP contribution in [0.3, 0.4) is 0 Å². The molecule has 2 rings (SSSR count). The largest absolute Gasteiger partial charge is 0.271 e. The van der Waals surface area contributed by atoms with Gasteiger partial charge in [-0.3, -0.25) is 5.10 Å². The van der Waals surface area contributed by atoms with E-state index in [0.717, 1.165) is 13.7 Å². The van der Waals surface area contributed by atoms with Crippen LogP contribution in [0.15, 0.2) is 21.5 Å². The number of fused-ring (bicyclic) bond motifs is 1. The second-order valence-corrected chi connectivity index (χ2v) is 5.29. The number of hydrogen-bond donors (Lipinski definition) is 1. The van der Waals surface area contributed by atoms with E-state index in [1.165, 1.54) is 10.3 Å². The Hall–Kier alpha value is 0.250. The summed E-state index contributed by atoms with van der Waals surface area (Å²) in [5.41, 5.74) is 1.01. The van der Waals surface area contributed by atoms with Crippen LogP contribution >= 0.6 is 50.3 Å². The van der Waals surface area contributed by atoms with Crippen molar-refractivity contribution in [2.75, 3.05) is 6.26 Å². The van der Waals surface area contributed by atoms with Gasteiger partial charge >= 0.3 is 0 Å². The van der Waals surface area contributed by atoms with Crippen molar-refractivity contribution < 1.29 is 0 Å². The van der Waals surface area contributed by atoms with Gasteiger partial charge in [-0.25, -0.2) is 0 Å². The Morgan fingerprint density at radius 3 is 3.00 bits per heavy atom. The topological polar surface area (TPSA) is 28.7 Å². The first kappa shape index (κ1) is 9.79. The molecule has 0 aliphatic rings. The summed E-state index contributed by atoms with van der Waals surface area (Å²) in [6, 6.07) is 4.14. The van der Waals surface area contributed by atoms with Crippen LogP contribution in [0.4, 0.5) is 0 Å². The van der Waals surface area contributed by atoms with E-state index < -0.39 is 0 Å². The molecular weight excluding hydrogens is 363 g/mol. The number of hydrogen-bond acceptors (Lipinski definition) is 2. The lowest BCUT2D eigenvalue weighted by molar-refractivity contribution is 1.09. The Balaban J connectivity index is 2.88. The van der Waals surface area contributed by atoms with Crippen molar-refractivity contribution in [1.29, 1.82) is 0 Å². The number of benzene rings is 1. The van der Waals surface area contributed by atoms with Crippen LogP contribution in [0, 0.1) is 3.70 Å². The molecule has 0 amide bonds. The number of aromatic amines is 1. The molecule has 0 atom stereocenters. The number of nitrogens with zero attached hydrogens (tertiary/aromatic N) is 1. The second-order valence-electron chi connectivity index (χ2n) is 2.51. The average molecular weight is 369 g/mol. The Morgan fingerprint density at radius 2 is 2.31 bits per heavy atom. The van der Waals surface area contributed by atoms with Gasteiger partial charge in [0.15, 0.2) is 0 Å². The fourth-order valence-electron chi connectivity index (χ4n) is 1.20. The van der Waals surface area contributed by atoms with Gasteiger partial charge in [0.25, 0.3) is 0 Å². The highest BCUT2D eigenvalue weighted by Crippen LogP contribution is 2.32. The molecular formula is C8H6BrIN2S. The molecule has 68 valence electrons. The summed E-state index contributed by atoms with van der Waals surface area (Å²) in [7, 11) is 0. The first-order chi connectivity index (χ1) is 6.24. The van der Waals surface area contributed by atoms with Crippen LogP contribution in [0.2, 0.25) is 0 Å². The van der Waals surface area contributed by atoms with Crippen LogP contribution in [0.25, 0.3) is 10.9 Å². The molecule has 1 N–H and O–H groups in total. The number of halogens is 2. The van der Waals surface area contributed by atoms with E-state index in [2.05, 4.69) is 61.0 Å². The summed E-state index contributed by atoms with van der Waals surface area (Å²) in [5.74, 6) is 0. The van der Waals surface area contributed by atoms with E-state index in [0.29, 0.717) is 0 Å². The van der Waals surface area contributed by atoms with Crippen LogP contribution in [-0.4, -0.2) is 16.5 Å². The van der Waals surface area contributed by atoms with Gasteiger partial charge in [-0.2, -0.15) is 5.10 Å². The minimum absolute atomic E-state index is 1.01. The summed E-state index contributed by atoms with van der Waals surface area (Å²) in [4.78, 5) is 1.26. The predicted molar refractivity (Wildman–Crippen MR) is 68.3 cm³/mol. The molecule has 1 aromatic heterocycles. The second kappa shape index (κ2) is 3.78. The van der Waals surface area contributed by atoms with Crippen LogP contribution in [0.1, 0.15) is 0 Å². The Bertz CT molecular complexity index is 455. The molecule has 0 saturated heterocycles. The van der Waals surface area contributed by atoms with Gasteiger partial charge in [0.05, 0.1) is 0 Å². The van der Waals surface area contributed by atoms with Gasteiger partial charge < -0.3 is 0 Å². The lowest BCUT2D eigenvalue weighted by Crippen LogP contribution is -1.76. The van der Waals surface area contributed by atoms with Crippen LogP contribution in [0.5, 0.6) is 0 Å². The molecule has 1 heterocycles. The normalized spacial score (nSPS) is 11.0. The molecule has 0 aliphatic heterocycles. The Labute approximate surface area is 102 Å². The van der Waals surface area contributed by atoms with E-state index >= 15 is 0 Å². The zero-order chi connectivity index (χ0) is 9.42. The van der Waals surface area contributed by atoms with Gasteiger partial charge in [0.2, 0.25) is 0 Å². The van der Waals surface area contributed by atoms with E-state index in [1.807, 2.05) is 6.07 Å². The highest BCUT2D eigenvalue weighted by molar-refractivity contribution is 14.1. The number of H-pyrrole nitrogens is 1. The Kier molecular flexibility index (Phi) is 2.85. The molecule has 0 aliphatic carbocycles. The van der Waals surface area contributed by atoms with E-state index in [-0.39, 0.29) is 0 Å². The summed E-state index contributed by atoms with van der Waals surface area (Å²) >= 11 is 7.49. The average Bonchev–Trinajstić information content (AvgIpc) is 2.51. The Morgan fingerprint density at radius 1 is 1.54 bits per heavy atom. The van der Waals surface area contributed by atoms with Gasteiger partial charge in [0.1, 0.15) is 9.22 Å². The maximum Gasteiger partial charge on any atom is 0.108 e. The molecule has 0 radical (unpaired) electrons. The third-order valence-corrected chi connectivity index (χ3v) is 4.00. The summed E-state index contributed by atoms with van der Waals surface area (Å²) < 4.78 is 2.14. The molecule has 0 unspecified atom stereocenters. The molecule has 0 saturated carbocycles. The molecule has 5 heteroatoms. The fourth-order valence-corrected chi connectivity index (χ4v) is 3.08. The van der Waals surface area contributed by atoms with Crippen molar-refractivity contribution >= 4 is 61.2 Å². The van der Waals surface area contributed by atoms with Gasteiger partial charge in [-0.15, -0.1) is 11.8 Å². The molecule has 1 aromatic carbocycles. The first-order valence-corrected chi connectivity index (χ1v) is 6.69. The maximum atomic E-state index is 4.23. The van der Waals surface area contributed by atoms with Crippen molar-refractivity contribution in [3.63, 3.8) is 0 Å². The third-order valence-electron chi connectivity index (χ3n) is 1.80. The van der Waals surface area contributed by atoms with Crippen molar-refractivity contribution in [2.45, 2.75) is 4.90 Å².